The number of aromatic nitrogens is 2. The number of ketones is 1. The summed E-state index contributed by atoms with van der Waals surface area (Å²) >= 11 is 0. The molecule has 1 aromatic heterocycles. The van der Waals surface area contributed by atoms with E-state index in [9.17, 15) is 34.8 Å². The second-order valence-electron chi connectivity index (χ2n) is 17.1. The maximum absolute atomic E-state index is 14.7. The van der Waals surface area contributed by atoms with E-state index in [2.05, 4.69) is 42.9 Å². The molecule has 61 heavy (non-hydrogen) atoms. The van der Waals surface area contributed by atoms with Gasteiger partial charge in [-0.15, -0.1) is 0 Å². The van der Waals surface area contributed by atoms with E-state index in [-0.39, 0.29) is 67.8 Å². The Balaban J connectivity index is 1.78. The van der Waals surface area contributed by atoms with E-state index in [1.54, 1.807) is 65.8 Å². The van der Waals surface area contributed by atoms with E-state index < -0.39 is 77.3 Å². The van der Waals surface area contributed by atoms with Gasteiger partial charge in [0.1, 0.15) is 28.8 Å². The average molecular weight is 849 g/mol. The maximum Gasteiger partial charge on any atom is 0.312 e. The molecule has 6 N–H and O–H groups in total. The topological polar surface area (TPSA) is 213 Å². The Hall–Kier alpha value is -5.12. The molecule has 334 valence electrons. The van der Waals surface area contributed by atoms with Gasteiger partial charge in [-0.05, 0) is 46.6 Å². The number of Topliss-reactive ketones (excluding diaryl/α,β-unsaturated/α-hetero) is 1. The molecule has 1 amide bonds. The van der Waals surface area contributed by atoms with Crippen LogP contribution in [0.5, 0.6) is 17.2 Å². The molecular weight excluding hydrogens is 785 g/mol. The number of hydrogen-bond donors (Lipinski definition) is 6. The third-order valence-electron chi connectivity index (χ3n) is 12.8. The van der Waals surface area contributed by atoms with Crippen molar-refractivity contribution in [2.24, 2.45) is 23.7 Å². The third-order valence-corrected chi connectivity index (χ3v) is 12.8. The summed E-state index contributed by atoms with van der Waals surface area (Å²) in [6, 6.07) is 0.0336. The maximum atomic E-state index is 14.7. The molecule has 11 atom stereocenters. The van der Waals surface area contributed by atoms with Crippen LogP contribution in [0.2, 0.25) is 0 Å². The number of aromatic hydroxyl groups is 2. The number of imidazole rings is 1. The second kappa shape index (κ2) is 18.5. The highest BCUT2D eigenvalue weighted by atomic mass is 16.7. The summed E-state index contributed by atoms with van der Waals surface area (Å²) in [5, 5.41) is 49.7. The first-order valence-corrected chi connectivity index (χ1v) is 21.2. The number of amides is 1. The SMILES string of the molecule is CCC(C)N(c1nc2c([nH]1)c1c(O)c3c(O)c(C)c4c(c32)C(=O)[C@@](C)(O/C=C/[C@H](OC)[C@@H](C)[C@@H](OC(C)=O)[C@H](C)[C@H](O)[C@H](C)[C@@H](O)[C@@H](C)/C=C/C=C(/C)C(=O)N1)O4)C(C)CC. The molecule has 0 spiro atoms. The second-order valence-corrected chi connectivity index (χ2v) is 17.1. The molecule has 15 nitrogen and oxygen atoms in total. The number of phenolic OH excluding ortho intramolecular Hbond substituents is 2. The molecule has 2 unspecified atom stereocenters. The Bertz CT molecular complexity index is 2240. The lowest BCUT2D eigenvalue weighted by Gasteiger charge is -2.38. The van der Waals surface area contributed by atoms with Crippen LogP contribution in [0.1, 0.15) is 105 Å². The average Bonchev–Trinajstić information content (AvgIpc) is 3.77. The fourth-order valence-electron chi connectivity index (χ4n) is 8.57. The highest BCUT2D eigenvalue weighted by Crippen LogP contribution is 2.54. The van der Waals surface area contributed by atoms with E-state index in [0.29, 0.717) is 5.95 Å². The molecule has 4 bridgehead atoms. The minimum atomic E-state index is -1.97. The number of ether oxygens (including phenoxy) is 4. The molecule has 5 rings (SSSR count). The predicted molar refractivity (Wildman–Crippen MR) is 234 cm³/mol. The number of methoxy groups -OCH3 is 1. The molecule has 0 saturated heterocycles. The van der Waals surface area contributed by atoms with Crippen LogP contribution in [0.3, 0.4) is 0 Å². The number of esters is 1. The molecular formula is C46H64N4O11. The normalized spacial score (nSPS) is 30.6. The monoisotopic (exact) mass is 848 g/mol. The van der Waals surface area contributed by atoms with E-state index >= 15 is 0 Å². The lowest BCUT2D eigenvalue weighted by molar-refractivity contribution is -0.160. The van der Waals surface area contributed by atoms with Gasteiger partial charge >= 0.3 is 11.8 Å². The number of aromatic amines is 1. The number of carbonyl (C=O) groups excluding carboxylic acids is 3. The first-order valence-electron chi connectivity index (χ1n) is 21.2. The summed E-state index contributed by atoms with van der Waals surface area (Å²) in [7, 11) is 1.46. The number of aliphatic hydroxyl groups is 2. The summed E-state index contributed by atoms with van der Waals surface area (Å²) in [6.07, 6.45) is 5.47. The minimum Gasteiger partial charge on any atom is -0.507 e. The van der Waals surface area contributed by atoms with E-state index in [4.69, 9.17) is 23.9 Å². The van der Waals surface area contributed by atoms with Gasteiger partial charge in [0.05, 0.1) is 41.0 Å². The van der Waals surface area contributed by atoms with Gasteiger partial charge in [-0.2, -0.15) is 0 Å². The number of anilines is 2. The first kappa shape index (κ1) is 46.9. The summed E-state index contributed by atoms with van der Waals surface area (Å²) in [6.45, 7) is 21.1. The van der Waals surface area contributed by atoms with Gasteiger partial charge < -0.3 is 54.6 Å². The van der Waals surface area contributed by atoms with Crippen LogP contribution in [0.4, 0.5) is 11.6 Å². The summed E-state index contributed by atoms with van der Waals surface area (Å²) < 4.78 is 24.0. The van der Waals surface area contributed by atoms with Crippen LogP contribution < -0.4 is 15.0 Å². The molecule has 15 heteroatoms. The van der Waals surface area contributed by atoms with Crippen molar-refractivity contribution in [3.8, 4) is 17.2 Å². The van der Waals surface area contributed by atoms with E-state index in [1.165, 1.54) is 27.2 Å². The highest BCUT2D eigenvalue weighted by Gasteiger charge is 2.50. The number of carbonyl (C=O) groups is 3. The summed E-state index contributed by atoms with van der Waals surface area (Å²) in [4.78, 5) is 51.6. The van der Waals surface area contributed by atoms with Crippen molar-refractivity contribution in [3.63, 3.8) is 0 Å². The number of H-pyrrole nitrogens is 1. The lowest BCUT2D eigenvalue weighted by Crippen LogP contribution is -2.46. The molecule has 3 heterocycles. The molecule has 0 saturated carbocycles. The Morgan fingerprint density at radius 1 is 0.967 bits per heavy atom. The molecule has 0 fully saturated rings. The zero-order valence-electron chi connectivity index (χ0n) is 37.6. The van der Waals surface area contributed by atoms with Crippen LogP contribution >= 0.6 is 0 Å². The Kier molecular flexibility index (Phi) is 14.2. The van der Waals surface area contributed by atoms with Gasteiger partial charge in [0.25, 0.3) is 11.7 Å². The van der Waals surface area contributed by atoms with Crippen molar-refractivity contribution in [1.29, 1.82) is 0 Å². The number of aliphatic hydroxyl groups excluding tert-OH is 2. The molecule has 3 aromatic rings. The highest BCUT2D eigenvalue weighted by molar-refractivity contribution is 6.28. The van der Waals surface area contributed by atoms with Gasteiger partial charge in [-0.1, -0.05) is 59.8 Å². The summed E-state index contributed by atoms with van der Waals surface area (Å²) in [5.41, 5.74) is 0.771. The van der Waals surface area contributed by atoms with Crippen LogP contribution in [0.15, 0.2) is 36.1 Å². The number of rotatable bonds is 7. The lowest BCUT2D eigenvalue weighted by atomic mass is 9.78. The van der Waals surface area contributed by atoms with Crippen molar-refractivity contribution in [2.45, 2.75) is 138 Å². The zero-order valence-corrected chi connectivity index (χ0v) is 37.6. The number of nitrogens with zero attached hydrogens (tertiary/aromatic N) is 2. The zero-order chi connectivity index (χ0) is 45.4. The number of allylic oxidation sites excluding steroid dienone is 2. The minimum absolute atomic E-state index is 0.0168. The number of phenols is 2. The van der Waals surface area contributed by atoms with Crippen molar-refractivity contribution < 1.29 is 53.8 Å². The summed E-state index contributed by atoms with van der Waals surface area (Å²) in [5.74, 6) is -6.55. The van der Waals surface area contributed by atoms with Gasteiger partial charge in [0, 0.05) is 73.2 Å². The van der Waals surface area contributed by atoms with Crippen LogP contribution in [0, 0.1) is 30.6 Å². The van der Waals surface area contributed by atoms with Gasteiger partial charge in [0.2, 0.25) is 5.95 Å². The Morgan fingerprint density at radius 2 is 1.61 bits per heavy atom. The smallest absolute Gasteiger partial charge is 0.312 e. The standard InChI is InChI=1S/C46H64N4O11/c1-14-23(5)50(24(6)15-2)45-48-34-31-32-39(54)28(10)42-33(31)43(56)46(12,61-42)59-20-19-30(58-13)25(7)41(60-29(11)51)27(9)38(53)26(8)37(52)21(3)17-16-18-22(4)44(57)47-36(40(32)55)35(34)49-45/h16-21,23-27,30,37-38,41,52-55H,14-15H2,1-13H3,(H,47,57)(H,48,49)/b17-16+,20-19+,22-18-/t21-,23?,24?,25+,26+,27+,30-,37-,38+,41+,46-/m0/s1. The van der Waals surface area contributed by atoms with E-state index in [1.807, 2.05) is 0 Å². The fraction of sp³-hybridized carbons (Fsp3) is 0.565. The fourth-order valence-corrected chi connectivity index (χ4v) is 8.57. The van der Waals surface area contributed by atoms with Gasteiger partial charge in [-0.25, -0.2) is 4.98 Å². The van der Waals surface area contributed by atoms with Crippen molar-refractivity contribution in [1.82, 2.24) is 9.97 Å². The molecule has 2 aromatic carbocycles. The predicted octanol–water partition coefficient (Wildman–Crippen LogP) is 7.33. The Labute approximate surface area is 357 Å². The molecule has 2 aliphatic rings. The van der Waals surface area contributed by atoms with Gasteiger partial charge in [-0.3, -0.25) is 14.4 Å². The van der Waals surface area contributed by atoms with Crippen LogP contribution in [0.25, 0.3) is 21.8 Å². The van der Waals surface area contributed by atoms with Crippen molar-refractivity contribution in [2.75, 3.05) is 17.3 Å². The molecule has 0 aliphatic carbocycles. The third kappa shape index (κ3) is 8.69. The number of nitrogens with one attached hydrogen (secondary N) is 2. The van der Waals surface area contributed by atoms with Crippen molar-refractivity contribution >= 4 is 51.1 Å². The van der Waals surface area contributed by atoms with Crippen LogP contribution in [-0.4, -0.2) is 97.5 Å². The first-order chi connectivity index (χ1) is 28.6. The number of fused-ring (bicyclic) bond motifs is 1. The number of benzene rings is 2. The van der Waals surface area contributed by atoms with Gasteiger partial charge in [0.15, 0.2) is 5.75 Å². The number of hydrogen-bond acceptors (Lipinski definition) is 13. The van der Waals surface area contributed by atoms with E-state index in [0.717, 1.165) is 12.8 Å². The largest absolute Gasteiger partial charge is 0.507 e. The quantitative estimate of drug-likeness (QED) is 0.102. The van der Waals surface area contributed by atoms with Crippen LogP contribution in [-0.2, 0) is 23.8 Å². The Morgan fingerprint density at radius 3 is 2.20 bits per heavy atom. The van der Waals surface area contributed by atoms with Crippen molar-refractivity contribution in [3.05, 3.63) is 47.3 Å². The molecule has 0 radical (unpaired) electrons. The molecule has 2 aliphatic heterocycles.